The number of aromatic nitrogens is 1. The maximum atomic E-state index is 13.5. The van der Waals surface area contributed by atoms with Gasteiger partial charge < -0.3 is 5.32 Å². The van der Waals surface area contributed by atoms with E-state index in [0.717, 1.165) is 22.3 Å². The van der Waals surface area contributed by atoms with E-state index in [4.69, 9.17) is 11.6 Å². The van der Waals surface area contributed by atoms with Crippen molar-refractivity contribution in [2.24, 2.45) is 0 Å². The Morgan fingerprint density at radius 1 is 0.968 bits per heavy atom. The Hall–Kier alpha value is -3.44. The van der Waals surface area contributed by atoms with Crippen LogP contribution in [0, 0.1) is 20.8 Å². The first kappa shape index (κ1) is 20.8. The number of hydrogen-bond acceptors (Lipinski definition) is 4. The molecule has 0 radical (unpaired) electrons. The van der Waals surface area contributed by atoms with E-state index in [0.29, 0.717) is 22.0 Å². The van der Waals surface area contributed by atoms with Crippen LogP contribution in [0.25, 0.3) is 5.57 Å². The Bertz CT molecular complexity index is 1220. The molecule has 2 aromatic carbocycles. The molecule has 156 valence electrons. The van der Waals surface area contributed by atoms with Crippen LogP contribution in [0.3, 0.4) is 0 Å². The highest BCUT2D eigenvalue weighted by molar-refractivity contribution is 6.37. The Kier molecular flexibility index (Phi) is 5.61. The number of benzene rings is 2. The number of rotatable bonds is 5. The number of nitrogens with zero attached hydrogens (tertiary/aromatic N) is 2. The summed E-state index contributed by atoms with van der Waals surface area (Å²) in [6.07, 6.45) is 1.65. The fourth-order valence-corrected chi connectivity index (χ4v) is 3.89. The Labute approximate surface area is 186 Å². The average molecular weight is 432 g/mol. The van der Waals surface area contributed by atoms with E-state index in [2.05, 4.69) is 10.3 Å². The third-order valence-electron chi connectivity index (χ3n) is 5.39. The molecule has 0 bridgehead atoms. The first-order valence-corrected chi connectivity index (χ1v) is 10.3. The molecule has 31 heavy (non-hydrogen) atoms. The SMILES string of the molecule is Cc1ccc(C2=C(Nc3cccc(Cl)c3C)C(=O)N(Cc3ccccn3)C2=O)c(C)c1. The van der Waals surface area contributed by atoms with Gasteiger partial charge in [0.05, 0.1) is 17.8 Å². The molecule has 0 spiro atoms. The zero-order valence-electron chi connectivity index (χ0n) is 17.6. The summed E-state index contributed by atoms with van der Waals surface area (Å²) >= 11 is 6.27. The van der Waals surface area contributed by atoms with Crippen LogP contribution >= 0.6 is 11.6 Å². The van der Waals surface area contributed by atoms with E-state index in [1.165, 1.54) is 4.90 Å². The normalized spacial score (nSPS) is 13.9. The third-order valence-corrected chi connectivity index (χ3v) is 5.80. The predicted molar refractivity (Wildman–Crippen MR) is 122 cm³/mol. The molecule has 0 fully saturated rings. The summed E-state index contributed by atoms with van der Waals surface area (Å²) in [5, 5.41) is 3.78. The van der Waals surface area contributed by atoms with Gasteiger partial charge in [0, 0.05) is 16.9 Å². The minimum atomic E-state index is -0.384. The number of carbonyl (C=O) groups is 2. The molecule has 0 saturated carbocycles. The number of carbonyl (C=O) groups excluding carboxylic acids is 2. The molecular formula is C25H22ClN3O2. The lowest BCUT2D eigenvalue weighted by molar-refractivity contribution is -0.137. The number of pyridine rings is 1. The van der Waals surface area contributed by atoms with Crippen LogP contribution in [0.4, 0.5) is 5.69 Å². The molecule has 6 heteroatoms. The molecule has 0 atom stereocenters. The summed E-state index contributed by atoms with van der Waals surface area (Å²) in [6.45, 7) is 5.91. The summed E-state index contributed by atoms with van der Waals surface area (Å²) in [7, 11) is 0. The summed E-state index contributed by atoms with van der Waals surface area (Å²) in [6, 6.07) is 16.7. The first-order valence-electron chi connectivity index (χ1n) is 9.97. The second-order valence-corrected chi connectivity index (χ2v) is 8.03. The number of imide groups is 1. The van der Waals surface area contributed by atoms with Crippen molar-refractivity contribution in [1.29, 1.82) is 0 Å². The summed E-state index contributed by atoms with van der Waals surface area (Å²) in [5.74, 6) is -0.727. The van der Waals surface area contributed by atoms with Crippen molar-refractivity contribution in [1.82, 2.24) is 9.88 Å². The van der Waals surface area contributed by atoms with Gasteiger partial charge in [0.25, 0.3) is 11.8 Å². The standard InChI is InChI=1S/C25H22ClN3O2/c1-15-10-11-19(16(2)13-15)22-23(28-21-9-6-8-20(26)17(21)3)25(31)29(24(22)30)14-18-7-4-5-12-27-18/h4-13,28H,14H2,1-3H3. The van der Waals surface area contributed by atoms with Crippen LogP contribution in [0.2, 0.25) is 5.02 Å². The summed E-state index contributed by atoms with van der Waals surface area (Å²) in [4.78, 5) is 32.4. The Balaban J connectivity index is 1.81. The molecule has 0 saturated heterocycles. The number of hydrogen-bond donors (Lipinski definition) is 1. The van der Waals surface area contributed by atoms with Crippen LogP contribution in [-0.2, 0) is 16.1 Å². The van der Waals surface area contributed by atoms with Crippen LogP contribution in [-0.4, -0.2) is 21.7 Å². The highest BCUT2D eigenvalue weighted by atomic mass is 35.5. The minimum absolute atomic E-state index is 0.104. The fourth-order valence-electron chi connectivity index (χ4n) is 3.71. The first-order chi connectivity index (χ1) is 14.9. The van der Waals surface area contributed by atoms with Gasteiger partial charge in [0.2, 0.25) is 0 Å². The van der Waals surface area contributed by atoms with Crippen molar-refractivity contribution in [3.8, 4) is 0 Å². The maximum Gasteiger partial charge on any atom is 0.278 e. The second kappa shape index (κ2) is 8.36. The van der Waals surface area contributed by atoms with E-state index in [1.807, 2.05) is 57.2 Å². The van der Waals surface area contributed by atoms with E-state index < -0.39 is 0 Å². The average Bonchev–Trinajstić information content (AvgIpc) is 2.97. The van der Waals surface area contributed by atoms with Crippen molar-refractivity contribution >= 4 is 34.7 Å². The molecule has 4 rings (SSSR count). The summed E-state index contributed by atoms with van der Waals surface area (Å²) < 4.78 is 0. The highest BCUT2D eigenvalue weighted by Crippen LogP contribution is 2.34. The third kappa shape index (κ3) is 3.97. The number of amides is 2. The molecule has 5 nitrogen and oxygen atoms in total. The molecular weight excluding hydrogens is 410 g/mol. The monoisotopic (exact) mass is 431 g/mol. The van der Waals surface area contributed by atoms with E-state index >= 15 is 0 Å². The number of anilines is 1. The van der Waals surface area contributed by atoms with Crippen molar-refractivity contribution in [2.45, 2.75) is 27.3 Å². The predicted octanol–water partition coefficient (Wildman–Crippen LogP) is 5.05. The van der Waals surface area contributed by atoms with Gasteiger partial charge in [-0.1, -0.05) is 47.5 Å². The second-order valence-electron chi connectivity index (χ2n) is 7.62. The molecule has 1 aliphatic rings. The van der Waals surface area contributed by atoms with E-state index in [1.54, 1.807) is 24.4 Å². The van der Waals surface area contributed by atoms with E-state index in [-0.39, 0.29) is 24.1 Å². The van der Waals surface area contributed by atoms with E-state index in [9.17, 15) is 9.59 Å². The minimum Gasteiger partial charge on any atom is -0.350 e. The number of nitrogens with one attached hydrogen (secondary N) is 1. The molecule has 1 N–H and O–H groups in total. The van der Waals surface area contributed by atoms with Crippen LogP contribution in [0.15, 0.2) is 66.5 Å². The number of halogens is 1. The van der Waals surface area contributed by atoms with Gasteiger partial charge in [-0.15, -0.1) is 0 Å². The van der Waals surface area contributed by atoms with Gasteiger partial charge in [0.15, 0.2) is 0 Å². The van der Waals surface area contributed by atoms with Gasteiger partial charge in [-0.05, 0) is 61.7 Å². The van der Waals surface area contributed by atoms with Crippen LogP contribution < -0.4 is 5.32 Å². The Morgan fingerprint density at radius 2 is 1.77 bits per heavy atom. The van der Waals surface area contributed by atoms with Crippen molar-refractivity contribution in [3.05, 3.63) is 99.5 Å². The molecule has 3 aromatic rings. The van der Waals surface area contributed by atoms with Crippen molar-refractivity contribution < 1.29 is 9.59 Å². The van der Waals surface area contributed by atoms with Crippen LogP contribution in [0.5, 0.6) is 0 Å². The van der Waals surface area contributed by atoms with Crippen LogP contribution in [0.1, 0.15) is 27.9 Å². The fraction of sp³-hybridized carbons (Fsp3) is 0.160. The van der Waals surface area contributed by atoms with Gasteiger partial charge >= 0.3 is 0 Å². The molecule has 1 aromatic heterocycles. The Morgan fingerprint density at radius 3 is 2.48 bits per heavy atom. The quantitative estimate of drug-likeness (QED) is 0.574. The molecule has 2 heterocycles. The lowest BCUT2D eigenvalue weighted by atomic mass is 9.97. The summed E-state index contributed by atoms with van der Waals surface area (Å²) in [5.41, 5.74) is 5.49. The van der Waals surface area contributed by atoms with Gasteiger partial charge in [-0.2, -0.15) is 0 Å². The highest BCUT2D eigenvalue weighted by Gasteiger charge is 2.40. The lowest BCUT2D eigenvalue weighted by Gasteiger charge is -2.15. The number of aryl methyl sites for hydroxylation is 2. The molecule has 0 aliphatic carbocycles. The zero-order chi connectivity index (χ0) is 22.1. The van der Waals surface area contributed by atoms with Crippen molar-refractivity contribution in [2.75, 3.05) is 5.32 Å². The molecule has 1 aliphatic heterocycles. The lowest BCUT2D eigenvalue weighted by Crippen LogP contribution is -2.32. The van der Waals surface area contributed by atoms with Crippen molar-refractivity contribution in [3.63, 3.8) is 0 Å². The topological polar surface area (TPSA) is 62.3 Å². The molecule has 0 unspecified atom stereocenters. The zero-order valence-corrected chi connectivity index (χ0v) is 18.3. The molecule has 2 amide bonds. The maximum absolute atomic E-state index is 13.5. The smallest absolute Gasteiger partial charge is 0.278 e. The van der Waals surface area contributed by atoms with Gasteiger partial charge in [-0.3, -0.25) is 19.5 Å². The van der Waals surface area contributed by atoms with Gasteiger partial charge in [-0.25, -0.2) is 0 Å². The largest absolute Gasteiger partial charge is 0.350 e. The van der Waals surface area contributed by atoms with Gasteiger partial charge in [0.1, 0.15) is 5.70 Å².